The molecule has 0 heterocycles. The Morgan fingerprint density at radius 2 is 2.00 bits per heavy atom. The summed E-state index contributed by atoms with van der Waals surface area (Å²) in [4.78, 5) is 1.82. The topological polar surface area (TPSA) is 75.4 Å². The van der Waals surface area contributed by atoms with Crippen LogP contribution < -0.4 is 10.5 Å². The Kier molecular flexibility index (Phi) is 5.71. The van der Waals surface area contributed by atoms with Gasteiger partial charge in [0.2, 0.25) is 10.0 Å². The smallest absolute Gasteiger partial charge is 0.242 e. The van der Waals surface area contributed by atoms with Crippen LogP contribution in [-0.2, 0) is 10.0 Å². The Bertz CT molecular complexity index is 518. The van der Waals surface area contributed by atoms with E-state index in [1.54, 1.807) is 0 Å². The molecule has 0 aliphatic heterocycles. The lowest BCUT2D eigenvalue weighted by Gasteiger charge is -2.11. The summed E-state index contributed by atoms with van der Waals surface area (Å²) in [6, 6.07) is 3.30. The lowest BCUT2D eigenvalue weighted by atomic mass is 10.3. The van der Waals surface area contributed by atoms with Crippen LogP contribution in [-0.4, -0.2) is 40.5 Å². The van der Waals surface area contributed by atoms with Gasteiger partial charge < -0.3 is 10.6 Å². The number of rotatable bonds is 7. The number of nitrogens with one attached hydrogen (secondary N) is 1. The largest absolute Gasteiger partial charge is 0.398 e. The summed E-state index contributed by atoms with van der Waals surface area (Å²) in [5.41, 5.74) is 5.60. The maximum Gasteiger partial charge on any atom is 0.242 e. The minimum atomic E-state index is -3.74. The van der Waals surface area contributed by atoms with Crippen molar-refractivity contribution >= 4 is 15.7 Å². The van der Waals surface area contributed by atoms with E-state index in [-0.39, 0.29) is 10.6 Å². The highest BCUT2D eigenvalue weighted by molar-refractivity contribution is 7.89. The van der Waals surface area contributed by atoms with Crippen LogP contribution in [0.15, 0.2) is 23.1 Å². The first-order valence-electron chi connectivity index (χ1n) is 6.02. The Balaban J connectivity index is 2.59. The van der Waals surface area contributed by atoms with E-state index in [9.17, 15) is 12.8 Å². The molecule has 0 spiro atoms. The fraction of sp³-hybridized carbons (Fsp3) is 0.500. The molecule has 0 saturated carbocycles. The second kappa shape index (κ2) is 6.83. The van der Waals surface area contributed by atoms with E-state index in [0.717, 1.165) is 25.1 Å². The number of halogens is 1. The normalized spacial score (nSPS) is 12.0. The molecule has 108 valence electrons. The first kappa shape index (κ1) is 15.9. The number of nitrogens with zero attached hydrogens (tertiary/aromatic N) is 1. The number of sulfonamides is 1. The highest BCUT2D eigenvalue weighted by atomic mass is 32.2. The minimum Gasteiger partial charge on any atom is -0.398 e. The van der Waals surface area contributed by atoms with Gasteiger partial charge in [-0.05, 0) is 51.7 Å². The number of unbranched alkanes of at least 4 members (excludes halogenated alkanes) is 1. The number of benzene rings is 1. The fourth-order valence-electron chi connectivity index (χ4n) is 1.58. The van der Waals surface area contributed by atoms with Gasteiger partial charge in [-0.15, -0.1) is 0 Å². The van der Waals surface area contributed by atoms with Crippen LogP contribution in [0.25, 0.3) is 0 Å². The van der Waals surface area contributed by atoms with E-state index in [1.807, 2.05) is 19.0 Å². The van der Waals surface area contributed by atoms with E-state index < -0.39 is 15.8 Å². The van der Waals surface area contributed by atoms with E-state index in [4.69, 9.17) is 5.73 Å². The lowest BCUT2D eigenvalue weighted by Crippen LogP contribution is -2.26. The van der Waals surface area contributed by atoms with Crippen molar-refractivity contribution in [1.82, 2.24) is 9.62 Å². The monoisotopic (exact) mass is 289 g/mol. The predicted molar refractivity (Wildman–Crippen MR) is 73.8 cm³/mol. The predicted octanol–water partition coefficient (Wildman–Crippen LogP) is 1.03. The van der Waals surface area contributed by atoms with Gasteiger partial charge in [0.25, 0.3) is 0 Å². The van der Waals surface area contributed by atoms with Gasteiger partial charge in [-0.1, -0.05) is 0 Å². The zero-order chi connectivity index (χ0) is 14.5. The van der Waals surface area contributed by atoms with Gasteiger partial charge in [0.05, 0.1) is 5.69 Å². The molecule has 0 aromatic heterocycles. The molecule has 1 rings (SSSR count). The van der Waals surface area contributed by atoms with Crippen molar-refractivity contribution in [2.45, 2.75) is 17.7 Å². The summed E-state index contributed by atoms with van der Waals surface area (Å²) in [7, 11) is 0.169. The van der Waals surface area contributed by atoms with Crippen LogP contribution in [0, 0.1) is 5.82 Å². The molecule has 0 bridgehead atoms. The Morgan fingerprint density at radius 1 is 1.32 bits per heavy atom. The van der Waals surface area contributed by atoms with Crippen LogP contribution in [0.2, 0.25) is 0 Å². The van der Waals surface area contributed by atoms with Gasteiger partial charge >= 0.3 is 0 Å². The number of nitrogens with two attached hydrogens (primary N) is 1. The molecule has 0 amide bonds. The molecule has 7 heteroatoms. The van der Waals surface area contributed by atoms with Gasteiger partial charge in [-0.25, -0.2) is 17.5 Å². The summed E-state index contributed by atoms with van der Waals surface area (Å²) >= 11 is 0. The van der Waals surface area contributed by atoms with Crippen LogP contribution >= 0.6 is 0 Å². The van der Waals surface area contributed by atoms with Crippen LogP contribution in [0.1, 0.15) is 12.8 Å². The van der Waals surface area contributed by atoms with Crippen molar-refractivity contribution in [2.75, 3.05) is 32.9 Å². The maximum atomic E-state index is 13.1. The van der Waals surface area contributed by atoms with E-state index in [2.05, 4.69) is 4.72 Å². The highest BCUT2D eigenvalue weighted by Crippen LogP contribution is 2.18. The van der Waals surface area contributed by atoms with Gasteiger partial charge in [0.1, 0.15) is 10.7 Å². The standard InChI is InChI=1S/C12H20FN3O2S/c1-16(2)8-4-3-7-15-19(17,18)12-9-10(13)5-6-11(12)14/h5-6,9,15H,3-4,7-8,14H2,1-2H3. The second-order valence-corrected chi connectivity index (χ2v) is 6.33. The molecule has 0 saturated heterocycles. The minimum absolute atomic E-state index is 0.0437. The lowest BCUT2D eigenvalue weighted by molar-refractivity contribution is 0.394. The van der Waals surface area contributed by atoms with Crippen molar-refractivity contribution in [3.8, 4) is 0 Å². The van der Waals surface area contributed by atoms with Gasteiger partial charge in [-0.3, -0.25) is 0 Å². The average Bonchev–Trinajstić information content (AvgIpc) is 2.31. The van der Waals surface area contributed by atoms with Crippen LogP contribution in [0.4, 0.5) is 10.1 Å². The van der Waals surface area contributed by atoms with E-state index in [1.165, 1.54) is 6.07 Å². The highest BCUT2D eigenvalue weighted by Gasteiger charge is 2.17. The van der Waals surface area contributed by atoms with Crippen molar-refractivity contribution < 1.29 is 12.8 Å². The SMILES string of the molecule is CN(C)CCCCNS(=O)(=O)c1cc(F)ccc1N. The molecule has 0 atom stereocenters. The van der Waals surface area contributed by atoms with E-state index in [0.29, 0.717) is 13.0 Å². The van der Waals surface area contributed by atoms with Gasteiger partial charge in [0, 0.05) is 6.54 Å². The molecule has 1 aromatic rings. The summed E-state index contributed by atoms with van der Waals surface area (Å²) in [5.74, 6) is -0.623. The van der Waals surface area contributed by atoms with E-state index >= 15 is 0 Å². The number of anilines is 1. The molecule has 19 heavy (non-hydrogen) atoms. The third-order valence-electron chi connectivity index (χ3n) is 2.59. The van der Waals surface area contributed by atoms with Crippen LogP contribution in [0.5, 0.6) is 0 Å². The van der Waals surface area contributed by atoms with Gasteiger partial charge in [-0.2, -0.15) is 0 Å². The Hall–Kier alpha value is -1.18. The molecule has 0 radical (unpaired) electrons. The van der Waals surface area contributed by atoms with Crippen molar-refractivity contribution in [2.24, 2.45) is 0 Å². The van der Waals surface area contributed by atoms with Crippen molar-refractivity contribution in [1.29, 1.82) is 0 Å². The molecule has 5 nitrogen and oxygen atoms in total. The first-order chi connectivity index (χ1) is 8.83. The molecular weight excluding hydrogens is 269 g/mol. The number of hydrogen-bond acceptors (Lipinski definition) is 4. The molecule has 0 aliphatic carbocycles. The summed E-state index contributed by atoms with van der Waals surface area (Å²) in [5, 5.41) is 0. The molecule has 3 N–H and O–H groups in total. The Morgan fingerprint density at radius 3 is 2.63 bits per heavy atom. The van der Waals surface area contributed by atoms with Crippen molar-refractivity contribution in [3.05, 3.63) is 24.0 Å². The maximum absolute atomic E-state index is 13.1. The molecule has 0 fully saturated rings. The summed E-state index contributed by atoms with van der Waals surface area (Å²) < 4.78 is 39.3. The zero-order valence-corrected chi connectivity index (χ0v) is 12.0. The third-order valence-corrected chi connectivity index (χ3v) is 4.11. The third kappa shape index (κ3) is 5.14. The Labute approximate surface area is 113 Å². The average molecular weight is 289 g/mol. The molecular formula is C12H20FN3O2S. The number of nitrogen functional groups attached to an aromatic ring is 1. The number of hydrogen-bond donors (Lipinski definition) is 2. The molecule has 1 aromatic carbocycles. The van der Waals surface area contributed by atoms with Crippen LogP contribution in [0.3, 0.4) is 0 Å². The quantitative estimate of drug-likeness (QED) is 0.580. The molecule has 0 aliphatic rings. The molecule has 0 unspecified atom stereocenters. The zero-order valence-electron chi connectivity index (χ0n) is 11.2. The second-order valence-electron chi connectivity index (χ2n) is 4.59. The summed E-state index contributed by atoms with van der Waals surface area (Å²) in [6.07, 6.45) is 1.60. The van der Waals surface area contributed by atoms with Crippen molar-refractivity contribution in [3.63, 3.8) is 0 Å². The summed E-state index contributed by atoms with van der Waals surface area (Å²) in [6.45, 7) is 1.20. The fourth-order valence-corrected chi connectivity index (χ4v) is 2.79. The first-order valence-corrected chi connectivity index (χ1v) is 7.50. The van der Waals surface area contributed by atoms with Gasteiger partial charge in [0.15, 0.2) is 0 Å².